The summed E-state index contributed by atoms with van der Waals surface area (Å²) in [4.78, 5) is 13.1. The topological polar surface area (TPSA) is 62.7 Å². The molecule has 2 aromatic heterocycles. The zero-order valence-electron chi connectivity index (χ0n) is 12.1. The van der Waals surface area contributed by atoms with E-state index in [2.05, 4.69) is 43.8 Å². The second kappa shape index (κ2) is 5.75. The van der Waals surface area contributed by atoms with Gasteiger partial charge in [0, 0.05) is 36.9 Å². The molecule has 0 aliphatic heterocycles. The lowest BCUT2D eigenvalue weighted by Crippen LogP contribution is -2.06. The van der Waals surface area contributed by atoms with Gasteiger partial charge in [-0.1, -0.05) is 24.3 Å². The van der Waals surface area contributed by atoms with Gasteiger partial charge in [-0.15, -0.1) is 0 Å². The van der Waals surface area contributed by atoms with E-state index in [1.165, 1.54) is 0 Å². The number of rotatable bonds is 4. The fourth-order valence-corrected chi connectivity index (χ4v) is 2.27. The number of nitrogens with zero attached hydrogens (tertiary/aromatic N) is 3. The largest absolute Gasteiger partial charge is 0.366 e. The molecule has 2 heterocycles. The molecular formula is C16H17N5. The molecule has 0 atom stereocenters. The first-order valence-corrected chi connectivity index (χ1v) is 6.86. The lowest BCUT2D eigenvalue weighted by molar-refractivity contribution is 1.05. The van der Waals surface area contributed by atoms with Gasteiger partial charge in [0.2, 0.25) is 5.95 Å². The molecule has 0 saturated carbocycles. The summed E-state index contributed by atoms with van der Waals surface area (Å²) in [7, 11) is 1.81. The van der Waals surface area contributed by atoms with E-state index in [1.807, 2.05) is 38.4 Å². The molecule has 2 N–H and O–H groups in total. The van der Waals surface area contributed by atoms with E-state index in [4.69, 9.17) is 0 Å². The average molecular weight is 279 g/mol. The summed E-state index contributed by atoms with van der Waals surface area (Å²) in [6, 6.07) is 12.1. The predicted molar refractivity (Wildman–Crippen MR) is 85.4 cm³/mol. The maximum absolute atomic E-state index is 4.46. The molecule has 0 spiro atoms. The van der Waals surface area contributed by atoms with Crippen molar-refractivity contribution in [2.45, 2.75) is 13.5 Å². The molecule has 5 nitrogen and oxygen atoms in total. The Hall–Kier alpha value is -2.69. The van der Waals surface area contributed by atoms with Gasteiger partial charge in [0.25, 0.3) is 0 Å². The van der Waals surface area contributed by atoms with Crippen LogP contribution in [0.1, 0.15) is 11.3 Å². The summed E-state index contributed by atoms with van der Waals surface area (Å²) >= 11 is 0. The third-order valence-electron chi connectivity index (χ3n) is 3.25. The Kier molecular flexibility index (Phi) is 3.64. The molecular weight excluding hydrogens is 262 g/mol. The highest BCUT2D eigenvalue weighted by atomic mass is 15.1. The summed E-state index contributed by atoms with van der Waals surface area (Å²) in [5, 5.41) is 7.44. The molecule has 106 valence electrons. The summed E-state index contributed by atoms with van der Waals surface area (Å²) in [5.74, 6) is 1.42. The van der Waals surface area contributed by atoms with E-state index in [-0.39, 0.29) is 0 Å². The third-order valence-corrected chi connectivity index (χ3v) is 3.25. The van der Waals surface area contributed by atoms with Crippen molar-refractivity contribution in [2.75, 3.05) is 17.7 Å². The monoisotopic (exact) mass is 279 g/mol. The first kappa shape index (κ1) is 13.3. The number of fused-ring (bicyclic) bond motifs is 1. The molecule has 0 radical (unpaired) electrons. The quantitative estimate of drug-likeness (QED) is 0.768. The summed E-state index contributed by atoms with van der Waals surface area (Å²) in [6.07, 6.45) is 1.82. The van der Waals surface area contributed by atoms with E-state index in [0.29, 0.717) is 12.5 Å². The second-order valence-corrected chi connectivity index (χ2v) is 4.81. The molecule has 0 unspecified atom stereocenters. The van der Waals surface area contributed by atoms with Gasteiger partial charge in [-0.3, -0.25) is 4.98 Å². The minimum atomic E-state index is 0.619. The SMILES string of the molecule is CNc1nc(C)cc(NCc2cccc3cccnc23)n1. The first-order chi connectivity index (χ1) is 10.3. The van der Waals surface area contributed by atoms with Crippen molar-refractivity contribution in [3.63, 3.8) is 0 Å². The smallest absolute Gasteiger partial charge is 0.224 e. The van der Waals surface area contributed by atoms with Crippen LogP contribution >= 0.6 is 0 Å². The summed E-state index contributed by atoms with van der Waals surface area (Å²) < 4.78 is 0. The van der Waals surface area contributed by atoms with Crippen molar-refractivity contribution in [1.29, 1.82) is 0 Å². The lowest BCUT2D eigenvalue weighted by atomic mass is 10.1. The van der Waals surface area contributed by atoms with Crippen molar-refractivity contribution in [3.05, 3.63) is 53.9 Å². The van der Waals surface area contributed by atoms with Crippen molar-refractivity contribution in [1.82, 2.24) is 15.0 Å². The molecule has 0 bridgehead atoms. The highest BCUT2D eigenvalue weighted by Crippen LogP contribution is 2.17. The summed E-state index contributed by atoms with van der Waals surface area (Å²) in [5.41, 5.74) is 3.09. The van der Waals surface area contributed by atoms with Crippen molar-refractivity contribution in [2.24, 2.45) is 0 Å². The highest BCUT2D eigenvalue weighted by Gasteiger charge is 2.04. The highest BCUT2D eigenvalue weighted by molar-refractivity contribution is 5.81. The zero-order valence-corrected chi connectivity index (χ0v) is 12.1. The van der Waals surface area contributed by atoms with Crippen LogP contribution in [0.25, 0.3) is 10.9 Å². The van der Waals surface area contributed by atoms with Gasteiger partial charge in [-0.25, -0.2) is 4.98 Å². The van der Waals surface area contributed by atoms with Crippen LogP contribution in [0, 0.1) is 6.92 Å². The minimum absolute atomic E-state index is 0.619. The van der Waals surface area contributed by atoms with E-state index in [9.17, 15) is 0 Å². The number of hydrogen-bond acceptors (Lipinski definition) is 5. The van der Waals surface area contributed by atoms with Crippen LogP contribution < -0.4 is 10.6 Å². The second-order valence-electron chi connectivity index (χ2n) is 4.81. The fraction of sp³-hybridized carbons (Fsp3) is 0.188. The van der Waals surface area contributed by atoms with Crippen LogP contribution in [0.3, 0.4) is 0 Å². The molecule has 21 heavy (non-hydrogen) atoms. The van der Waals surface area contributed by atoms with E-state index >= 15 is 0 Å². The Morgan fingerprint density at radius 3 is 2.81 bits per heavy atom. The van der Waals surface area contributed by atoms with Gasteiger partial charge in [-0.05, 0) is 18.6 Å². The zero-order chi connectivity index (χ0) is 14.7. The molecule has 0 aliphatic rings. The van der Waals surface area contributed by atoms with Crippen molar-refractivity contribution >= 4 is 22.7 Å². The normalized spacial score (nSPS) is 10.6. The van der Waals surface area contributed by atoms with Crippen molar-refractivity contribution < 1.29 is 0 Å². The number of aromatic nitrogens is 3. The number of aryl methyl sites for hydroxylation is 1. The maximum atomic E-state index is 4.46. The molecule has 3 rings (SSSR count). The number of nitrogens with one attached hydrogen (secondary N) is 2. The molecule has 0 amide bonds. The van der Waals surface area contributed by atoms with Gasteiger partial charge in [0.1, 0.15) is 5.82 Å². The number of anilines is 2. The molecule has 5 heteroatoms. The van der Waals surface area contributed by atoms with Crippen LogP contribution in [0.4, 0.5) is 11.8 Å². The standard InChI is InChI=1S/C16H17N5/c1-11-9-14(21-16(17-2)20-11)19-10-13-6-3-5-12-7-4-8-18-15(12)13/h3-9H,10H2,1-2H3,(H2,17,19,20,21). The van der Waals surface area contributed by atoms with E-state index < -0.39 is 0 Å². The number of hydrogen-bond donors (Lipinski definition) is 2. The molecule has 0 fully saturated rings. The number of pyridine rings is 1. The Morgan fingerprint density at radius 2 is 1.95 bits per heavy atom. The van der Waals surface area contributed by atoms with E-state index in [0.717, 1.165) is 28.0 Å². The predicted octanol–water partition coefficient (Wildman–Crippen LogP) is 2.99. The Balaban J connectivity index is 1.85. The molecule has 1 aromatic carbocycles. The molecule has 0 aliphatic carbocycles. The van der Waals surface area contributed by atoms with Gasteiger partial charge >= 0.3 is 0 Å². The van der Waals surface area contributed by atoms with Gasteiger partial charge < -0.3 is 10.6 Å². The number of benzene rings is 1. The Bertz CT molecular complexity index is 764. The van der Waals surface area contributed by atoms with Gasteiger partial charge in [-0.2, -0.15) is 4.98 Å². The van der Waals surface area contributed by atoms with Crippen molar-refractivity contribution in [3.8, 4) is 0 Å². The Morgan fingerprint density at radius 1 is 1.10 bits per heavy atom. The van der Waals surface area contributed by atoms with Crippen LogP contribution in [0.2, 0.25) is 0 Å². The van der Waals surface area contributed by atoms with Crippen LogP contribution in [-0.4, -0.2) is 22.0 Å². The van der Waals surface area contributed by atoms with Crippen LogP contribution in [0.5, 0.6) is 0 Å². The van der Waals surface area contributed by atoms with Gasteiger partial charge in [0.15, 0.2) is 0 Å². The van der Waals surface area contributed by atoms with E-state index in [1.54, 1.807) is 0 Å². The van der Waals surface area contributed by atoms with Crippen LogP contribution in [0.15, 0.2) is 42.6 Å². The van der Waals surface area contributed by atoms with Gasteiger partial charge in [0.05, 0.1) is 5.52 Å². The summed E-state index contributed by atoms with van der Waals surface area (Å²) in [6.45, 7) is 2.63. The third kappa shape index (κ3) is 2.91. The molecule has 0 saturated heterocycles. The fourth-order valence-electron chi connectivity index (χ4n) is 2.27. The minimum Gasteiger partial charge on any atom is -0.366 e. The maximum Gasteiger partial charge on any atom is 0.224 e. The average Bonchev–Trinajstić information content (AvgIpc) is 2.52. The first-order valence-electron chi connectivity index (χ1n) is 6.86. The number of para-hydroxylation sites is 1. The Labute approximate surface area is 123 Å². The lowest BCUT2D eigenvalue weighted by Gasteiger charge is -2.09. The van der Waals surface area contributed by atoms with Crippen LogP contribution in [-0.2, 0) is 6.54 Å². The molecule has 3 aromatic rings.